The van der Waals surface area contributed by atoms with Gasteiger partial charge in [0.1, 0.15) is 23.7 Å². The number of carbonyl (C=O) groups is 3. The monoisotopic (exact) mass is 479 g/mol. The maximum Gasteiger partial charge on any atom is 0.262 e. The van der Waals surface area contributed by atoms with E-state index in [0.717, 1.165) is 17.0 Å². The van der Waals surface area contributed by atoms with Crippen molar-refractivity contribution in [1.29, 1.82) is 5.26 Å². The van der Waals surface area contributed by atoms with Gasteiger partial charge in [0, 0.05) is 25.2 Å². The van der Waals surface area contributed by atoms with Gasteiger partial charge < -0.3 is 4.90 Å². The first-order valence-electron chi connectivity index (χ1n) is 10.1. The molecule has 3 aromatic rings. The number of fused-ring (bicyclic) bond motifs is 1. The maximum absolute atomic E-state index is 13.8. The highest BCUT2D eigenvalue weighted by Gasteiger charge is 2.43. The standard InChI is InChI=1S/C25H16ClF2N3O3/c1-30(18-6-7-21(26)15(11-18)13-29)25(34)22(10-14-8-16(27)12-17(28)9-14)31-23(32)19-4-2-3-5-20(19)24(31)33/h2-9,11-12,22H,10H2,1H3/t22-/m0/s1. The summed E-state index contributed by atoms with van der Waals surface area (Å²) in [6, 6.07) is 13.7. The molecule has 0 bridgehead atoms. The molecular weight excluding hydrogens is 464 g/mol. The molecule has 0 aromatic heterocycles. The average molecular weight is 480 g/mol. The predicted octanol–water partition coefficient (Wildman–Crippen LogP) is 4.36. The second kappa shape index (κ2) is 9.04. The Balaban J connectivity index is 1.76. The van der Waals surface area contributed by atoms with E-state index in [1.807, 2.05) is 6.07 Å². The van der Waals surface area contributed by atoms with E-state index < -0.39 is 35.4 Å². The van der Waals surface area contributed by atoms with Crippen molar-refractivity contribution in [3.63, 3.8) is 0 Å². The zero-order chi connectivity index (χ0) is 24.6. The van der Waals surface area contributed by atoms with Crippen molar-refractivity contribution in [2.24, 2.45) is 0 Å². The van der Waals surface area contributed by atoms with Gasteiger partial charge in [-0.15, -0.1) is 0 Å². The molecule has 9 heteroatoms. The number of hydrogen-bond acceptors (Lipinski definition) is 4. The summed E-state index contributed by atoms with van der Waals surface area (Å²) in [5, 5.41) is 9.45. The van der Waals surface area contributed by atoms with Crippen LogP contribution in [0.25, 0.3) is 0 Å². The van der Waals surface area contributed by atoms with Crippen LogP contribution in [0.1, 0.15) is 31.8 Å². The molecule has 0 saturated carbocycles. The number of benzene rings is 3. The summed E-state index contributed by atoms with van der Waals surface area (Å²) in [7, 11) is 1.41. The van der Waals surface area contributed by atoms with Crippen LogP contribution in [0.5, 0.6) is 0 Å². The predicted molar refractivity (Wildman–Crippen MR) is 120 cm³/mol. The van der Waals surface area contributed by atoms with Crippen molar-refractivity contribution in [2.45, 2.75) is 12.5 Å². The molecule has 0 spiro atoms. The number of amides is 3. The lowest BCUT2D eigenvalue weighted by atomic mass is 10.0. The van der Waals surface area contributed by atoms with E-state index in [9.17, 15) is 28.4 Å². The molecule has 1 aliphatic rings. The summed E-state index contributed by atoms with van der Waals surface area (Å²) >= 11 is 5.98. The van der Waals surface area contributed by atoms with E-state index in [1.165, 1.54) is 42.3 Å². The molecule has 0 N–H and O–H groups in total. The van der Waals surface area contributed by atoms with Crippen LogP contribution in [0.15, 0.2) is 60.7 Å². The third-order valence-corrected chi connectivity index (χ3v) is 5.89. The van der Waals surface area contributed by atoms with Gasteiger partial charge >= 0.3 is 0 Å². The quantitative estimate of drug-likeness (QED) is 0.509. The normalized spacial score (nSPS) is 13.4. The van der Waals surface area contributed by atoms with Crippen LogP contribution < -0.4 is 4.90 Å². The fraction of sp³-hybridized carbons (Fsp3) is 0.120. The van der Waals surface area contributed by atoms with Crippen LogP contribution in [0, 0.1) is 23.0 Å². The van der Waals surface area contributed by atoms with Gasteiger partial charge in [-0.2, -0.15) is 5.26 Å². The molecule has 34 heavy (non-hydrogen) atoms. The summed E-state index contributed by atoms with van der Waals surface area (Å²) in [6.07, 6.45) is -0.317. The van der Waals surface area contributed by atoms with Crippen molar-refractivity contribution in [3.8, 4) is 6.07 Å². The van der Waals surface area contributed by atoms with Crippen molar-refractivity contribution >= 4 is 35.0 Å². The molecule has 0 unspecified atom stereocenters. The van der Waals surface area contributed by atoms with E-state index in [1.54, 1.807) is 12.1 Å². The molecule has 4 rings (SSSR count). The lowest BCUT2D eigenvalue weighted by Gasteiger charge is -2.30. The third-order valence-electron chi connectivity index (χ3n) is 5.56. The van der Waals surface area contributed by atoms with Gasteiger partial charge in [-0.3, -0.25) is 19.3 Å². The Morgan fingerprint density at radius 2 is 1.62 bits per heavy atom. The summed E-state index contributed by atoms with van der Waals surface area (Å²) in [6.45, 7) is 0. The van der Waals surface area contributed by atoms with E-state index in [-0.39, 0.29) is 39.4 Å². The molecule has 3 amide bonds. The summed E-state index contributed by atoms with van der Waals surface area (Å²) in [5.74, 6) is -3.76. The molecule has 0 fully saturated rings. The molecule has 0 radical (unpaired) electrons. The number of anilines is 1. The lowest BCUT2D eigenvalue weighted by Crippen LogP contribution is -2.51. The van der Waals surface area contributed by atoms with Gasteiger partial charge in [0.25, 0.3) is 11.8 Å². The van der Waals surface area contributed by atoms with Crippen LogP contribution in [0.2, 0.25) is 5.02 Å². The van der Waals surface area contributed by atoms with Crippen LogP contribution in [-0.2, 0) is 11.2 Å². The minimum atomic E-state index is -1.40. The Labute approximate surface area is 198 Å². The highest BCUT2D eigenvalue weighted by Crippen LogP contribution is 2.29. The molecule has 3 aromatic carbocycles. The first kappa shape index (κ1) is 23.1. The van der Waals surface area contributed by atoms with Gasteiger partial charge in [-0.05, 0) is 48.0 Å². The molecule has 170 valence electrons. The summed E-state index contributed by atoms with van der Waals surface area (Å²) in [4.78, 5) is 41.8. The topological polar surface area (TPSA) is 81.5 Å². The van der Waals surface area contributed by atoms with E-state index in [0.29, 0.717) is 6.07 Å². The number of likely N-dealkylation sites (N-methyl/N-ethyl adjacent to an activating group) is 1. The van der Waals surface area contributed by atoms with Crippen molar-refractivity contribution in [2.75, 3.05) is 11.9 Å². The lowest BCUT2D eigenvalue weighted by molar-refractivity contribution is -0.122. The molecule has 0 aliphatic carbocycles. The van der Waals surface area contributed by atoms with E-state index >= 15 is 0 Å². The van der Waals surface area contributed by atoms with Gasteiger partial charge in [-0.25, -0.2) is 8.78 Å². The summed E-state index contributed by atoms with van der Waals surface area (Å²) in [5.41, 5.74) is 0.782. The zero-order valence-corrected chi connectivity index (χ0v) is 18.5. The minimum Gasteiger partial charge on any atom is -0.314 e. The molecule has 6 nitrogen and oxygen atoms in total. The second-order valence-electron chi connectivity index (χ2n) is 7.70. The number of nitrogens with zero attached hydrogens (tertiary/aromatic N) is 3. The smallest absolute Gasteiger partial charge is 0.262 e. The van der Waals surface area contributed by atoms with E-state index in [2.05, 4.69) is 0 Å². The minimum absolute atomic E-state index is 0.0922. The number of imide groups is 1. The zero-order valence-electron chi connectivity index (χ0n) is 17.8. The fourth-order valence-corrected chi connectivity index (χ4v) is 4.05. The van der Waals surface area contributed by atoms with Crippen LogP contribution >= 0.6 is 11.6 Å². The van der Waals surface area contributed by atoms with Crippen molar-refractivity contribution in [1.82, 2.24) is 4.90 Å². The Morgan fingerprint density at radius 3 is 2.18 bits per heavy atom. The van der Waals surface area contributed by atoms with Gasteiger partial charge in [0.15, 0.2) is 0 Å². The molecule has 0 saturated heterocycles. The van der Waals surface area contributed by atoms with Crippen LogP contribution in [0.3, 0.4) is 0 Å². The number of nitriles is 1. The van der Waals surface area contributed by atoms with Crippen molar-refractivity contribution < 1.29 is 23.2 Å². The first-order chi connectivity index (χ1) is 16.2. The summed E-state index contributed by atoms with van der Waals surface area (Å²) < 4.78 is 27.7. The third kappa shape index (κ3) is 4.14. The number of carbonyl (C=O) groups excluding carboxylic acids is 3. The Hall–Kier alpha value is -4.09. The first-order valence-corrected chi connectivity index (χ1v) is 10.5. The van der Waals surface area contributed by atoms with E-state index in [4.69, 9.17) is 11.6 Å². The Bertz CT molecular complexity index is 1330. The highest BCUT2D eigenvalue weighted by molar-refractivity contribution is 6.31. The fourth-order valence-electron chi connectivity index (χ4n) is 3.89. The van der Waals surface area contributed by atoms with Crippen LogP contribution in [-0.4, -0.2) is 35.7 Å². The number of rotatable bonds is 5. The van der Waals surface area contributed by atoms with Gasteiger partial charge in [0.05, 0.1) is 21.7 Å². The molecule has 1 atom stereocenters. The Kier molecular flexibility index (Phi) is 6.14. The molecule has 1 heterocycles. The SMILES string of the molecule is CN(C(=O)[C@H](Cc1cc(F)cc(F)c1)N1C(=O)c2ccccc2C1=O)c1ccc(Cl)c(C#N)c1. The second-order valence-corrected chi connectivity index (χ2v) is 8.10. The number of halogens is 3. The molecule has 1 aliphatic heterocycles. The Morgan fingerprint density at radius 1 is 1.03 bits per heavy atom. The molecular formula is C25H16ClF2N3O3. The largest absolute Gasteiger partial charge is 0.314 e. The highest BCUT2D eigenvalue weighted by atomic mass is 35.5. The number of hydrogen-bond donors (Lipinski definition) is 0. The maximum atomic E-state index is 13.8. The van der Waals surface area contributed by atoms with Crippen LogP contribution in [0.4, 0.5) is 14.5 Å². The van der Waals surface area contributed by atoms with Gasteiger partial charge in [0.2, 0.25) is 5.91 Å². The average Bonchev–Trinajstić information content (AvgIpc) is 3.06. The van der Waals surface area contributed by atoms with Crippen molar-refractivity contribution in [3.05, 3.63) is 99.6 Å². The van der Waals surface area contributed by atoms with Gasteiger partial charge in [-0.1, -0.05) is 23.7 Å².